The normalized spacial score (nSPS) is 19.4. The van der Waals surface area contributed by atoms with Crippen LogP contribution < -0.4 is 19.7 Å². The molecule has 150 valence electrons. The topological polar surface area (TPSA) is 84.9 Å². The maximum Gasteiger partial charge on any atom is 0.271 e. The van der Waals surface area contributed by atoms with Gasteiger partial charge in [-0.1, -0.05) is 11.6 Å². The van der Waals surface area contributed by atoms with E-state index in [9.17, 15) is 14.4 Å². The van der Waals surface area contributed by atoms with Gasteiger partial charge >= 0.3 is 0 Å². The standard InChI is InChI=1S/C21H19ClN2O5/c1-11-19(26)23-14-8-12(4-6-17(14)28-11)16(25)10-24-15-9-13(22)5-7-18(15)29-21(2,3)20(24)27/h4-9,11H,10H2,1-3H3,(H,23,26). The molecule has 0 fully saturated rings. The first-order valence-electron chi connectivity index (χ1n) is 9.11. The summed E-state index contributed by atoms with van der Waals surface area (Å²) in [5.74, 6) is 0.0544. The van der Waals surface area contributed by atoms with Gasteiger partial charge in [-0.2, -0.15) is 0 Å². The van der Waals surface area contributed by atoms with Gasteiger partial charge in [-0.25, -0.2) is 0 Å². The van der Waals surface area contributed by atoms with Gasteiger partial charge in [0.25, 0.3) is 11.8 Å². The lowest BCUT2D eigenvalue weighted by Gasteiger charge is -2.38. The Balaban J connectivity index is 1.65. The number of ether oxygens (including phenoxy) is 2. The van der Waals surface area contributed by atoms with Crippen molar-refractivity contribution >= 4 is 40.6 Å². The summed E-state index contributed by atoms with van der Waals surface area (Å²) < 4.78 is 11.3. The number of fused-ring (bicyclic) bond motifs is 2. The molecule has 1 unspecified atom stereocenters. The van der Waals surface area contributed by atoms with Gasteiger partial charge in [0.1, 0.15) is 11.5 Å². The molecule has 0 bridgehead atoms. The zero-order valence-corrected chi connectivity index (χ0v) is 16.9. The highest BCUT2D eigenvalue weighted by Crippen LogP contribution is 2.39. The molecule has 2 aliphatic rings. The van der Waals surface area contributed by atoms with Crippen molar-refractivity contribution in [3.63, 3.8) is 0 Å². The monoisotopic (exact) mass is 414 g/mol. The van der Waals surface area contributed by atoms with E-state index in [1.807, 2.05) is 0 Å². The molecule has 2 heterocycles. The van der Waals surface area contributed by atoms with Crippen molar-refractivity contribution in [2.24, 2.45) is 0 Å². The van der Waals surface area contributed by atoms with E-state index in [0.717, 1.165) is 0 Å². The number of rotatable bonds is 3. The van der Waals surface area contributed by atoms with Gasteiger partial charge in [0.15, 0.2) is 17.5 Å². The van der Waals surface area contributed by atoms with Crippen LogP contribution in [-0.4, -0.2) is 35.8 Å². The van der Waals surface area contributed by atoms with Crippen LogP contribution in [0.2, 0.25) is 5.02 Å². The van der Waals surface area contributed by atoms with E-state index in [1.54, 1.807) is 57.2 Å². The van der Waals surface area contributed by atoms with Crippen molar-refractivity contribution in [3.05, 3.63) is 47.0 Å². The fourth-order valence-corrected chi connectivity index (χ4v) is 3.48. The number of benzene rings is 2. The third kappa shape index (κ3) is 3.42. The number of halogens is 1. The lowest BCUT2D eigenvalue weighted by molar-refractivity contribution is -0.132. The predicted octanol–water partition coefficient (Wildman–Crippen LogP) is 3.45. The first-order chi connectivity index (χ1) is 13.7. The fourth-order valence-electron chi connectivity index (χ4n) is 3.31. The fraction of sp³-hybridized carbons (Fsp3) is 0.286. The quantitative estimate of drug-likeness (QED) is 0.777. The van der Waals surface area contributed by atoms with Gasteiger partial charge in [0.05, 0.1) is 17.9 Å². The molecule has 1 atom stereocenters. The number of ketones is 1. The van der Waals surface area contributed by atoms with Crippen LogP contribution in [-0.2, 0) is 9.59 Å². The number of nitrogens with one attached hydrogen (secondary N) is 1. The van der Waals surface area contributed by atoms with Gasteiger partial charge in [0, 0.05) is 10.6 Å². The van der Waals surface area contributed by atoms with Crippen LogP contribution in [0.5, 0.6) is 11.5 Å². The van der Waals surface area contributed by atoms with Crippen LogP contribution in [0.1, 0.15) is 31.1 Å². The molecule has 2 aliphatic heterocycles. The number of nitrogens with zero attached hydrogens (tertiary/aromatic N) is 1. The van der Waals surface area contributed by atoms with Crippen LogP contribution in [0, 0.1) is 0 Å². The number of hydrogen-bond donors (Lipinski definition) is 1. The molecule has 4 rings (SSSR count). The number of carbonyl (C=O) groups is 3. The van der Waals surface area contributed by atoms with Crippen molar-refractivity contribution in [3.8, 4) is 11.5 Å². The largest absolute Gasteiger partial charge is 0.479 e. The number of amides is 2. The number of hydrogen-bond acceptors (Lipinski definition) is 5. The highest BCUT2D eigenvalue weighted by atomic mass is 35.5. The summed E-state index contributed by atoms with van der Waals surface area (Å²) in [7, 11) is 0. The van der Waals surface area contributed by atoms with Crippen molar-refractivity contribution in [2.45, 2.75) is 32.5 Å². The number of Topliss-reactive ketones (excluding diaryl/α,β-unsaturated/α-hetero) is 1. The molecule has 0 spiro atoms. The Morgan fingerprint density at radius 2 is 1.90 bits per heavy atom. The summed E-state index contributed by atoms with van der Waals surface area (Å²) in [6.45, 7) is 4.75. The minimum Gasteiger partial charge on any atom is -0.479 e. The second-order valence-electron chi connectivity index (χ2n) is 7.50. The lowest BCUT2D eigenvalue weighted by Crippen LogP contribution is -2.53. The average molecular weight is 415 g/mol. The lowest BCUT2D eigenvalue weighted by atomic mass is 10.0. The van der Waals surface area contributed by atoms with E-state index in [0.29, 0.717) is 33.5 Å². The molecule has 7 nitrogen and oxygen atoms in total. The highest BCUT2D eigenvalue weighted by Gasteiger charge is 2.41. The Bertz CT molecular complexity index is 1050. The molecule has 0 radical (unpaired) electrons. The minimum absolute atomic E-state index is 0.192. The van der Waals surface area contributed by atoms with Gasteiger partial charge in [-0.3, -0.25) is 19.3 Å². The molecule has 2 amide bonds. The predicted molar refractivity (Wildman–Crippen MR) is 108 cm³/mol. The van der Waals surface area contributed by atoms with Gasteiger partial charge in [0.2, 0.25) is 0 Å². The molecule has 29 heavy (non-hydrogen) atoms. The van der Waals surface area contributed by atoms with Gasteiger partial charge < -0.3 is 14.8 Å². The van der Waals surface area contributed by atoms with E-state index >= 15 is 0 Å². The summed E-state index contributed by atoms with van der Waals surface area (Å²) in [6.07, 6.45) is -0.599. The Morgan fingerprint density at radius 3 is 2.66 bits per heavy atom. The van der Waals surface area contributed by atoms with E-state index in [-0.39, 0.29) is 24.1 Å². The van der Waals surface area contributed by atoms with Crippen LogP contribution in [0.4, 0.5) is 11.4 Å². The van der Waals surface area contributed by atoms with Gasteiger partial charge in [-0.05, 0) is 57.2 Å². The zero-order valence-electron chi connectivity index (χ0n) is 16.1. The van der Waals surface area contributed by atoms with Crippen LogP contribution >= 0.6 is 11.6 Å². The Labute approximate surface area is 172 Å². The highest BCUT2D eigenvalue weighted by molar-refractivity contribution is 6.31. The third-order valence-corrected chi connectivity index (χ3v) is 5.11. The Kier molecular flexibility index (Phi) is 4.50. The molecule has 0 saturated carbocycles. The number of carbonyl (C=O) groups excluding carboxylic acids is 3. The van der Waals surface area contributed by atoms with Crippen molar-refractivity contribution < 1.29 is 23.9 Å². The van der Waals surface area contributed by atoms with Crippen molar-refractivity contribution in [1.29, 1.82) is 0 Å². The summed E-state index contributed by atoms with van der Waals surface area (Å²) >= 11 is 6.09. The first-order valence-corrected chi connectivity index (χ1v) is 9.49. The summed E-state index contributed by atoms with van der Waals surface area (Å²) in [5.41, 5.74) is 0.104. The number of anilines is 2. The van der Waals surface area contributed by atoms with E-state index in [2.05, 4.69) is 5.32 Å². The van der Waals surface area contributed by atoms with Crippen LogP contribution in [0.25, 0.3) is 0 Å². The molecule has 0 aromatic heterocycles. The maximum absolute atomic E-state index is 13.0. The molecule has 2 aromatic rings. The second kappa shape index (κ2) is 6.77. The molecular formula is C21H19ClN2O5. The summed E-state index contributed by atoms with van der Waals surface area (Å²) in [6, 6.07) is 9.74. The molecule has 8 heteroatoms. The molecule has 1 N–H and O–H groups in total. The zero-order chi connectivity index (χ0) is 20.9. The molecule has 2 aromatic carbocycles. The molecule has 0 aliphatic carbocycles. The molecular weight excluding hydrogens is 396 g/mol. The van der Waals surface area contributed by atoms with Crippen molar-refractivity contribution in [1.82, 2.24) is 0 Å². The smallest absolute Gasteiger partial charge is 0.271 e. The van der Waals surface area contributed by atoms with Crippen LogP contribution in [0.15, 0.2) is 36.4 Å². The minimum atomic E-state index is -1.12. The SMILES string of the molecule is CC1Oc2ccc(C(=O)CN3C(=O)C(C)(C)Oc4ccc(Cl)cc43)cc2NC1=O. The molecule has 0 saturated heterocycles. The first kappa shape index (κ1) is 19.3. The second-order valence-corrected chi connectivity index (χ2v) is 7.94. The van der Waals surface area contributed by atoms with E-state index in [4.69, 9.17) is 21.1 Å². The third-order valence-electron chi connectivity index (χ3n) is 4.87. The maximum atomic E-state index is 13.0. The Morgan fingerprint density at radius 1 is 1.17 bits per heavy atom. The Hall–Kier alpha value is -3.06. The van der Waals surface area contributed by atoms with E-state index in [1.165, 1.54) is 4.90 Å². The van der Waals surface area contributed by atoms with Crippen LogP contribution in [0.3, 0.4) is 0 Å². The summed E-state index contributed by atoms with van der Waals surface area (Å²) in [4.78, 5) is 39.1. The van der Waals surface area contributed by atoms with E-state index < -0.39 is 11.7 Å². The van der Waals surface area contributed by atoms with Gasteiger partial charge in [-0.15, -0.1) is 0 Å². The van der Waals surface area contributed by atoms with Crippen molar-refractivity contribution in [2.75, 3.05) is 16.8 Å². The average Bonchev–Trinajstić information content (AvgIpc) is 2.66. The summed E-state index contributed by atoms with van der Waals surface area (Å²) in [5, 5.41) is 3.15.